The average molecular weight is 337 g/mol. The first kappa shape index (κ1) is 15.1. The zero-order valence-corrected chi connectivity index (χ0v) is 13.6. The number of aryl methyl sites for hydroxylation is 1. The molecular weight excluding hydrogens is 324 g/mol. The van der Waals surface area contributed by atoms with Crippen LogP contribution in [0.4, 0.5) is 5.69 Å². The van der Waals surface area contributed by atoms with Gasteiger partial charge in [-0.05, 0) is 24.6 Å². The van der Waals surface area contributed by atoms with Gasteiger partial charge in [-0.15, -0.1) is 10.2 Å². The van der Waals surface area contributed by atoms with Crippen molar-refractivity contribution in [3.8, 4) is 0 Å². The van der Waals surface area contributed by atoms with Crippen molar-refractivity contribution < 1.29 is 9.59 Å². The number of ketones is 1. The van der Waals surface area contributed by atoms with Gasteiger partial charge in [0.15, 0.2) is 10.9 Å². The van der Waals surface area contributed by atoms with Crippen molar-refractivity contribution in [1.82, 2.24) is 14.8 Å². The number of amides is 1. The van der Waals surface area contributed by atoms with Crippen LogP contribution in [0.3, 0.4) is 0 Å². The Morgan fingerprint density at radius 1 is 1.45 bits per heavy atom. The van der Waals surface area contributed by atoms with E-state index in [0.717, 1.165) is 11.4 Å². The third-order valence-electron chi connectivity index (χ3n) is 3.50. The van der Waals surface area contributed by atoms with Crippen LogP contribution in [0.25, 0.3) is 0 Å². The Morgan fingerprint density at radius 2 is 2.23 bits per heavy atom. The van der Waals surface area contributed by atoms with Crippen LogP contribution in [0.15, 0.2) is 17.3 Å². The molecule has 114 valence electrons. The molecule has 3 rings (SSSR count). The fraction of sp³-hybridized carbons (Fsp3) is 0.286. The number of halogens is 1. The number of carbonyl (C=O) groups excluding carboxylic acids is 2. The van der Waals surface area contributed by atoms with Crippen LogP contribution in [0.5, 0.6) is 0 Å². The molecule has 0 spiro atoms. The maximum Gasteiger partial charge on any atom is 0.228 e. The van der Waals surface area contributed by atoms with Crippen molar-refractivity contribution in [3.05, 3.63) is 34.1 Å². The van der Waals surface area contributed by atoms with Crippen molar-refractivity contribution in [3.63, 3.8) is 0 Å². The lowest BCUT2D eigenvalue weighted by Gasteiger charge is -2.06. The molecule has 2 heterocycles. The van der Waals surface area contributed by atoms with Crippen LogP contribution >= 0.6 is 23.4 Å². The van der Waals surface area contributed by atoms with Crippen LogP contribution in [-0.4, -0.2) is 32.2 Å². The number of fused-ring (bicyclic) bond motifs is 1. The molecular formula is C14H13ClN4O2S. The molecule has 0 fully saturated rings. The first-order valence-electron chi connectivity index (χ1n) is 6.60. The molecule has 0 bridgehead atoms. The summed E-state index contributed by atoms with van der Waals surface area (Å²) < 4.78 is 1.82. The predicted octanol–water partition coefficient (Wildman–Crippen LogP) is 2.25. The molecule has 0 radical (unpaired) electrons. The summed E-state index contributed by atoms with van der Waals surface area (Å²) in [5.41, 5.74) is 1.92. The Kier molecular flexibility index (Phi) is 3.92. The molecule has 6 nitrogen and oxygen atoms in total. The number of anilines is 1. The molecule has 1 aliphatic rings. The summed E-state index contributed by atoms with van der Waals surface area (Å²) in [6.07, 6.45) is 0.280. The molecule has 0 saturated carbocycles. The molecule has 1 aromatic carbocycles. The second-order valence-corrected chi connectivity index (χ2v) is 6.36. The summed E-state index contributed by atoms with van der Waals surface area (Å²) in [7, 11) is 1.85. The van der Waals surface area contributed by atoms with E-state index in [1.807, 2.05) is 18.5 Å². The van der Waals surface area contributed by atoms with E-state index in [9.17, 15) is 9.59 Å². The van der Waals surface area contributed by atoms with Crippen LogP contribution in [0, 0.1) is 6.92 Å². The van der Waals surface area contributed by atoms with Gasteiger partial charge in [0.1, 0.15) is 5.82 Å². The van der Waals surface area contributed by atoms with Crippen LogP contribution in [-0.2, 0) is 18.3 Å². The SMILES string of the molecule is Cc1nnc(SCC(=O)c2cc3c(cc2Cl)NC(=O)C3)n1C. The first-order valence-corrected chi connectivity index (χ1v) is 7.96. The van der Waals surface area contributed by atoms with Gasteiger partial charge < -0.3 is 9.88 Å². The third kappa shape index (κ3) is 2.74. The third-order valence-corrected chi connectivity index (χ3v) is 4.84. The molecule has 0 saturated heterocycles. The fourth-order valence-electron chi connectivity index (χ4n) is 2.18. The number of nitrogens with zero attached hydrogens (tertiary/aromatic N) is 3. The summed E-state index contributed by atoms with van der Waals surface area (Å²) in [6, 6.07) is 3.33. The second-order valence-electron chi connectivity index (χ2n) is 5.01. The standard InChI is InChI=1S/C14H13ClN4O2S/c1-7-17-18-14(19(7)2)22-6-12(20)9-3-8-4-13(21)16-11(8)5-10(9)15/h3,5H,4,6H2,1-2H3,(H,16,21). The van der Waals surface area contributed by atoms with Crippen molar-refractivity contribution in [1.29, 1.82) is 0 Å². The molecule has 8 heteroatoms. The Labute approximate surface area is 136 Å². The summed E-state index contributed by atoms with van der Waals surface area (Å²) in [4.78, 5) is 23.8. The number of Topliss-reactive ketones (excluding diaryl/α,β-unsaturated/α-hetero) is 1. The lowest BCUT2D eigenvalue weighted by atomic mass is 10.1. The molecule has 1 aromatic heterocycles. The maximum atomic E-state index is 12.4. The van der Waals surface area contributed by atoms with Crippen LogP contribution in [0.2, 0.25) is 5.02 Å². The summed E-state index contributed by atoms with van der Waals surface area (Å²) in [5.74, 6) is 0.818. The van der Waals surface area contributed by atoms with Gasteiger partial charge >= 0.3 is 0 Å². The van der Waals surface area contributed by atoms with Crippen molar-refractivity contribution in [2.45, 2.75) is 18.5 Å². The number of aromatic nitrogens is 3. The van der Waals surface area contributed by atoms with E-state index in [0.29, 0.717) is 21.4 Å². The number of hydrogen-bond acceptors (Lipinski definition) is 5. The van der Waals surface area contributed by atoms with Gasteiger partial charge in [-0.25, -0.2) is 0 Å². The highest BCUT2D eigenvalue weighted by atomic mass is 35.5. The highest BCUT2D eigenvalue weighted by Crippen LogP contribution is 2.30. The quantitative estimate of drug-likeness (QED) is 0.684. The van der Waals surface area contributed by atoms with Crippen molar-refractivity contribution >= 4 is 40.7 Å². The van der Waals surface area contributed by atoms with Crippen LogP contribution < -0.4 is 5.32 Å². The van der Waals surface area contributed by atoms with Gasteiger partial charge in [0.2, 0.25) is 5.91 Å². The summed E-state index contributed by atoms with van der Waals surface area (Å²) in [5, 5.41) is 11.7. The molecule has 0 aliphatic carbocycles. The van der Waals surface area contributed by atoms with Crippen molar-refractivity contribution in [2.75, 3.05) is 11.1 Å². The van der Waals surface area contributed by atoms with Gasteiger partial charge in [0.05, 0.1) is 17.2 Å². The number of nitrogens with one attached hydrogen (secondary N) is 1. The topological polar surface area (TPSA) is 76.9 Å². The largest absolute Gasteiger partial charge is 0.325 e. The molecule has 2 aromatic rings. The number of carbonyl (C=O) groups is 2. The van der Waals surface area contributed by atoms with Crippen molar-refractivity contribution in [2.24, 2.45) is 7.05 Å². The first-order chi connectivity index (χ1) is 10.5. The van der Waals surface area contributed by atoms with E-state index in [-0.39, 0.29) is 23.9 Å². The van der Waals surface area contributed by atoms with E-state index in [1.165, 1.54) is 11.8 Å². The molecule has 1 N–H and O–H groups in total. The molecule has 0 unspecified atom stereocenters. The zero-order valence-electron chi connectivity index (χ0n) is 12.0. The lowest BCUT2D eigenvalue weighted by Crippen LogP contribution is -2.05. The Hall–Kier alpha value is -1.86. The van der Waals surface area contributed by atoms with E-state index in [1.54, 1.807) is 12.1 Å². The summed E-state index contributed by atoms with van der Waals surface area (Å²) >= 11 is 7.47. The number of thioether (sulfide) groups is 1. The van der Waals surface area contributed by atoms with Gasteiger partial charge in [-0.1, -0.05) is 23.4 Å². The molecule has 0 atom stereocenters. The van der Waals surface area contributed by atoms with E-state index in [2.05, 4.69) is 15.5 Å². The van der Waals surface area contributed by atoms with Gasteiger partial charge in [0, 0.05) is 18.3 Å². The lowest BCUT2D eigenvalue weighted by molar-refractivity contribution is -0.115. The summed E-state index contributed by atoms with van der Waals surface area (Å²) in [6.45, 7) is 1.85. The predicted molar refractivity (Wildman–Crippen MR) is 84.6 cm³/mol. The average Bonchev–Trinajstić information content (AvgIpc) is 2.98. The number of hydrogen-bond donors (Lipinski definition) is 1. The highest BCUT2D eigenvalue weighted by molar-refractivity contribution is 7.99. The van der Waals surface area contributed by atoms with Crippen LogP contribution in [0.1, 0.15) is 21.7 Å². The van der Waals surface area contributed by atoms with E-state index in [4.69, 9.17) is 11.6 Å². The Balaban J connectivity index is 1.77. The van der Waals surface area contributed by atoms with E-state index < -0.39 is 0 Å². The normalized spacial score (nSPS) is 13.1. The minimum Gasteiger partial charge on any atom is -0.325 e. The van der Waals surface area contributed by atoms with Gasteiger partial charge in [-0.3, -0.25) is 9.59 Å². The maximum absolute atomic E-state index is 12.4. The number of rotatable bonds is 4. The highest BCUT2D eigenvalue weighted by Gasteiger charge is 2.22. The van der Waals surface area contributed by atoms with Gasteiger partial charge in [-0.2, -0.15) is 0 Å². The van der Waals surface area contributed by atoms with E-state index >= 15 is 0 Å². The second kappa shape index (κ2) is 5.73. The van der Waals surface area contributed by atoms with Gasteiger partial charge in [0.25, 0.3) is 0 Å². The Morgan fingerprint density at radius 3 is 2.91 bits per heavy atom. The minimum atomic E-state index is -0.0993. The zero-order chi connectivity index (χ0) is 15.9. The molecule has 22 heavy (non-hydrogen) atoms. The monoisotopic (exact) mass is 336 g/mol. The Bertz CT molecular complexity index is 787. The fourth-order valence-corrected chi connectivity index (χ4v) is 3.29. The molecule has 1 aliphatic heterocycles. The minimum absolute atomic E-state index is 0.0837. The smallest absolute Gasteiger partial charge is 0.228 e. The molecule has 1 amide bonds. The number of benzene rings is 1.